The van der Waals surface area contributed by atoms with Gasteiger partial charge in [-0.3, -0.25) is 0 Å². The van der Waals surface area contributed by atoms with Crippen LogP contribution in [0.3, 0.4) is 0 Å². The van der Waals surface area contributed by atoms with E-state index in [1.807, 2.05) is 37.3 Å². The number of thioether (sulfide) groups is 1. The number of aliphatic hydroxyl groups excluding tert-OH is 5. The molecule has 10 nitrogen and oxygen atoms in total. The molecule has 2 saturated heterocycles. The second kappa shape index (κ2) is 12.0. The van der Waals surface area contributed by atoms with Gasteiger partial charge in [0.25, 0.3) is 0 Å². The topological polar surface area (TPSA) is 164 Å². The average Bonchev–Trinajstić information content (AvgIpc) is 2.80. The van der Waals surface area contributed by atoms with E-state index in [2.05, 4.69) is 0 Å². The predicted molar refractivity (Wildman–Crippen MR) is 116 cm³/mol. The summed E-state index contributed by atoms with van der Waals surface area (Å²) >= 11 is 1.44. The van der Waals surface area contributed by atoms with Gasteiger partial charge in [0.05, 0.1) is 25.9 Å². The molecule has 7 N–H and O–H groups in total. The molecule has 0 spiro atoms. The zero-order valence-corrected chi connectivity index (χ0v) is 18.7. The summed E-state index contributed by atoms with van der Waals surface area (Å²) < 4.78 is 22.9. The fraction of sp³-hybridized carbons (Fsp3) is 0.714. The van der Waals surface area contributed by atoms with Crippen molar-refractivity contribution in [3.63, 3.8) is 0 Å². The highest BCUT2D eigenvalue weighted by atomic mass is 32.2. The Kier molecular flexibility index (Phi) is 9.70. The fourth-order valence-electron chi connectivity index (χ4n) is 3.76. The lowest BCUT2D eigenvalue weighted by Crippen LogP contribution is -2.66. The third-order valence-corrected chi connectivity index (χ3v) is 6.67. The minimum absolute atomic E-state index is 0.0814. The molecule has 2 aliphatic rings. The van der Waals surface area contributed by atoms with E-state index in [9.17, 15) is 25.5 Å². The highest BCUT2D eigenvalue weighted by molar-refractivity contribution is 7.99. The van der Waals surface area contributed by atoms with Gasteiger partial charge in [-0.25, -0.2) is 0 Å². The highest BCUT2D eigenvalue weighted by Gasteiger charge is 2.50. The van der Waals surface area contributed by atoms with Gasteiger partial charge in [0.2, 0.25) is 0 Å². The second-order valence-corrected chi connectivity index (χ2v) is 9.24. The third kappa shape index (κ3) is 5.99. The van der Waals surface area contributed by atoms with Gasteiger partial charge in [-0.1, -0.05) is 37.3 Å². The van der Waals surface area contributed by atoms with Crippen molar-refractivity contribution >= 4 is 11.8 Å². The van der Waals surface area contributed by atoms with Crippen LogP contribution >= 0.6 is 11.8 Å². The summed E-state index contributed by atoms with van der Waals surface area (Å²) in [5.41, 5.74) is 6.77. The molecule has 0 radical (unpaired) electrons. The molecule has 0 amide bonds. The number of hydrogen-bond donors (Lipinski definition) is 6. The molecule has 11 heteroatoms. The van der Waals surface area contributed by atoms with E-state index in [4.69, 9.17) is 24.7 Å². The van der Waals surface area contributed by atoms with Crippen molar-refractivity contribution in [3.05, 3.63) is 35.9 Å². The van der Waals surface area contributed by atoms with E-state index in [0.29, 0.717) is 12.4 Å². The average molecular weight is 476 g/mol. The molecule has 182 valence electrons. The first-order valence-corrected chi connectivity index (χ1v) is 11.7. The zero-order chi connectivity index (χ0) is 23.3. The highest BCUT2D eigenvalue weighted by Crippen LogP contribution is 2.32. The first-order chi connectivity index (χ1) is 15.4. The van der Waals surface area contributed by atoms with Gasteiger partial charge in [-0.2, -0.15) is 0 Å². The van der Waals surface area contributed by atoms with Crippen molar-refractivity contribution in [1.82, 2.24) is 0 Å². The molecule has 0 bridgehead atoms. The zero-order valence-electron chi connectivity index (χ0n) is 17.8. The van der Waals surface area contributed by atoms with Crippen molar-refractivity contribution in [3.8, 4) is 0 Å². The number of ether oxygens (including phenoxy) is 4. The molecule has 10 atom stereocenters. The van der Waals surface area contributed by atoms with Crippen molar-refractivity contribution in [2.24, 2.45) is 5.73 Å². The van der Waals surface area contributed by atoms with Crippen LogP contribution in [0.1, 0.15) is 12.5 Å². The first kappa shape index (κ1) is 25.8. The fourth-order valence-corrected chi connectivity index (χ4v) is 4.69. The summed E-state index contributed by atoms with van der Waals surface area (Å²) in [5, 5.41) is 50.6. The SMILES string of the molecule is CCSC1OC(COCc2ccccc2)C(O)C(OC2OC(CO)C(O)C(O)C2O)C1N. The van der Waals surface area contributed by atoms with Crippen LogP contribution in [0.15, 0.2) is 30.3 Å². The Balaban J connectivity index is 1.68. The van der Waals surface area contributed by atoms with E-state index >= 15 is 0 Å². The van der Waals surface area contributed by atoms with Gasteiger partial charge in [-0.05, 0) is 11.3 Å². The molecule has 10 unspecified atom stereocenters. The smallest absolute Gasteiger partial charge is 0.187 e. The van der Waals surface area contributed by atoms with E-state index in [1.165, 1.54) is 11.8 Å². The van der Waals surface area contributed by atoms with Crippen molar-refractivity contribution in [2.45, 2.75) is 74.0 Å². The summed E-state index contributed by atoms with van der Waals surface area (Å²) in [6, 6.07) is 8.80. The molecule has 2 fully saturated rings. The van der Waals surface area contributed by atoms with Gasteiger partial charge >= 0.3 is 0 Å². The third-order valence-electron chi connectivity index (χ3n) is 5.58. The van der Waals surface area contributed by atoms with Crippen LogP contribution in [0.5, 0.6) is 0 Å². The monoisotopic (exact) mass is 475 g/mol. The minimum atomic E-state index is -1.60. The van der Waals surface area contributed by atoms with Crippen molar-refractivity contribution < 1.29 is 44.5 Å². The lowest BCUT2D eigenvalue weighted by molar-refractivity contribution is -0.328. The Bertz CT molecular complexity index is 684. The molecule has 1 aromatic carbocycles. The molecule has 2 heterocycles. The van der Waals surface area contributed by atoms with Gasteiger partial charge < -0.3 is 50.2 Å². The molecule has 32 heavy (non-hydrogen) atoms. The summed E-state index contributed by atoms with van der Waals surface area (Å²) in [6.45, 7) is 1.78. The standard InChI is InChI=1S/C21H33NO9S/c1-2-32-21-14(22)19(31-20-18(27)17(26)15(24)12(8-23)29-20)16(25)13(30-21)10-28-9-11-6-4-3-5-7-11/h3-7,12-21,23-27H,2,8-10,22H2,1H3. The minimum Gasteiger partial charge on any atom is -0.394 e. The van der Waals surface area contributed by atoms with E-state index in [-0.39, 0.29) is 6.61 Å². The largest absolute Gasteiger partial charge is 0.394 e. The number of aliphatic hydroxyl groups is 5. The molecule has 1 aromatic rings. The number of hydrogen-bond acceptors (Lipinski definition) is 11. The van der Waals surface area contributed by atoms with E-state index in [1.54, 1.807) is 0 Å². The predicted octanol–water partition coefficient (Wildman–Crippen LogP) is -1.45. The Labute approximate surface area is 191 Å². The molecular formula is C21H33NO9S. The van der Waals surface area contributed by atoms with Crippen LogP contribution in [0.25, 0.3) is 0 Å². The lowest BCUT2D eigenvalue weighted by Gasteiger charge is -2.46. The van der Waals surface area contributed by atoms with Crippen LogP contribution in [-0.2, 0) is 25.6 Å². The van der Waals surface area contributed by atoms with Crippen molar-refractivity contribution in [2.75, 3.05) is 19.0 Å². The summed E-state index contributed by atoms with van der Waals surface area (Å²) in [6.07, 6.45) is -10.2. The molecule has 3 rings (SSSR count). The summed E-state index contributed by atoms with van der Waals surface area (Å²) in [7, 11) is 0. The number of rotatable bonds is 9. The maximum atomic E-state index is 10.9. The Morgan fingerprint density at radius 1 is 0.969 bits per heavy atom. The lowest BCUT2D eigenvalue weighted by atomic mass is 9.96. The van der Waals surface area contributed by atoms with Crippen LogP contribution in [-0.4, -0.2) is 105 Å². The Morgan fingerprint density at radius 3 is 2.34 bits per heavy atom. The number of nitrogens with two attached hydrogens (primary N) is 1. The summed E-state index contributed by atoms with van der Waals surface area (Å²) in [4.78, 5) is 0. The van der Waals surface area contributed by atoms with Gasteiger partial charge in [0.1, 0.15) is 48.2 Å². The van der Waals surface area contributed by atoms with Crippen LogP contribution in [0.2, 0.25) is 0 Å². The molecule has 0 aliphatic carbocycles. The van der Waals surface area contributed by atoms with Crippen LogP contribution < -0.4 is 5.73 Å². The Hall–Kier alpha value is -0.830. The van der Waals surface area contributed by atoms with Crippen LogP contribution in [0.4, 0.5) is 0 Å². The van der Waals surface area contributed by atoms with E-state index in [0.717, 1.165) is 5.56 Å². The van der Waals surface area contributed by atoms with Gasteiger partial charge in [-0.15, -0.1) is 11.8 Å². The Morgan fingerprint density at radius 2 is 1.69 bits per heavy atom. The summed E-state index contributed by atoms with van der Waals surface area (Å²) in [5.74, 6) is 0.707. The molecular weight excluding hydrogens is 442 g/mol. The second-order valence-electron chi connectivity index (χ2n) is 7.86. The normalized spacial score (nSPS) is 40.3. The van der Waals surface area contributed by atoms with Gasteiger partial charge in [0, 0.05) is 0 Å². The van der Waals surface area contributed by atoms with E-state index < -0.39 is 67.1 Å². The maximum Gasteiger partial charge on any atom is 0.187 e. The molecule has 0 aromatic heterocycles. The maximum absolute atomic E-state index is 10.9. The van der Waals surface area contributed by atoms with Crippen LogP contribution in [0, 0.1) is 0 Å². The van der Waals surface area contributed by atoms with Gasteiger partial charge in [0.15, 0.2) is 6.29 Å². The quantitative estimate of drug-likeness (QED) is 0.248. The van der Waals surface area contributed by atoms with Crippen molar-refractivity contribution in [1.29, 1.82) is 0 Å². The first-order valence-electron chi connectivity index (χ1n) is 10.7. The molecule has 2 aliphatic heterocycles. The number of benzene rings is 1. The molecule has 0 saturated carbocycles.